The van der Waals surface area contributed by atoms with Gasteiger partial charge in [-0.2, -0.15) is 0 Å². The molecule has 1 atom stereocenters. The lowest BCUT2D eigenvalue weighted by Gasteiger charge is -2.29. The largest absolute Gasteiger partial charge is 0.357 e. The van der Waals surface area contributed by atoms with E-state index < -0.39 is 29.0 Å². The van der Waals surface area contributed by atoms with E-state index in [4.69, 9.17) is 0 Å². The summed E-state index contributed by atoms with van der Waals surface area (Å²) in [6, 6.07) is 1.83. The lowest BCUT2D eigenvalue weighted by atomic mass is 9.86. The second-order valence-corrected chi connectivity index (χ2v) is 5.51. The SMILES string of the molecule is CNC(=O)[C@@H](NC(=O)c1ccc(F)cc1F)C(C)(C)C. The Hall–Kier alpha value is -1.98. The molecule has 2 amide bonds. The van der Waals surface area contributed by atoms with E-state index in [1.54, 1.807) is 20.8 Å². The average Bonchev–Trinajstić information content (AvgIpc) is 2.33. The van der Waals surface area contributed by atoms with E-state index in [-0.39, 0.29) is 11.5 Å². The Labute approximate surface area is 116 Å². The highest BCUT2D eigenvalue weighted by molar-refractivity contribution is 5.97. The molecule has 20 heavy (non-hydrogen) atoms. The Morgan fingerprint density at radius 1 is 1.20 bits per heavy atom. The number of carbonyl (C=O) groups excluding carboxylic acids is 2. The topological polar surface area (TPSA) is 58.2 Å². The highest BCUT2D eigenvalue weighted by Crippen LogP contribution is 2.20. The third kappa shape index (κ3) is 3.76. The van der Waals surface area contributed by atoms with Crippen LogP contribution in [0.3, 0.4) is 0 Å². The Balaban J connectivity index is 3.00. The van der Waals surface area contributed by atoms with Gasteiger partial charge < -0.3 is 10.6 Å². The summed E-state index contributed by atoms with van der Waals surface area (Å²) in [6.45, 7) is 5.32. The van der Waals surface area contributed by atoms with Crippen molar-refractivity contribution in [1.29, 1.82) is 0 Å². The van der Waals surface area contributed by atoms with Crippen molar-refractivity contribution in [3.05, 3.63) is 35.4 Å². The van der Waals surface area contributed by atoms with Gasteiger partial charge in [0.1, 0.15) is 17.7 Å². The molecular weight excluding hydrogens is 266 g/mol. The fourth-order valence-corrected chi connectivity index (χ4v) is 1.70. The van der Waals surface area contributed by atoms with Crippen molar-refractivity contribution in [2.24, 2.45) is 5.41 Å². The first kappa shape index (κ1) is 16.1. The van der Waals surface area contributed by atoms with Gasteiger partial charge in [-0.05, 0) is 17.5 Å². The van der Waals surface area contributed by atoms with Crippen LogP contribution in [-0.2, 0) is 4.79 Å². The maximum absolute atomic E-state index is 13.5. The first-order valence-corrected chi connectivity index (χ1v) is 6.14. The van der Waals surface area contributed by atoms with Crippen molar-refractivity contribution >= 4 is 11.8 Å². The summed E-state index contributed by atoms with van der Waals surface area (Å²) in [6.07, 6.45) is 0. The number of hydrogen-bond acceptors (Lipinski definition) is 2. The maximum Gasteiger partial charge on any atom is 0.254 e. The molecule has 0 bridgehead atoms. The second-order valence-electron chi connectivity index (χ2n) is 5.51. The minimum atomic E-state index is -0.966. The van der Waals surface area contributed by atoms with Crippen LogP contribution in [0.2, 0.25) is 0 Å². The van der Waals surface area contributed by atoms with Crippen LogP contribution in [0.1, 0.15) is 31.1 Å². The van der Waals surface area contributed by atoms with Crippen LogP contribution in [0.25, 0.3) is 0 Å². The van der Waals surface area contributed by atoms with E-state index >= 15 is 0 Å². The van der Waals surface area contributed by atoms with Gasteiger partial charge in [0, 0.05) is 13.1 Å². The highest BCUT2D eigenvalue weighted by atomic mass is 19.1. The zero-order chi connectivity index (χ0) is 15.5. The first-order chi connectivity index (χ1) is 9.16. The molecule has 1 aromatic carbocycles. The number of benzene rings is 1. The molecule has 1 aromatic rings. The molecule has 1 rings (SSSR count). The second kappa shape index (κ2) is 5.98. The minimum absolute atomic E-state index is 0.301. The molecule has 110 valence electrons. The van der Waals surface area contributed by atoms with Gasteiger partial charge in [-0.15, -0.1) is 0 Å². The van der Waals surface area contributed by atoms with Gasteiger partial charge in [0.05, 0.1) is 5.56 Å². The molecule has 0 saturated heterocycles. The number of halogens is 2. The standard InChI is InChI=1S/C14H18F2N2O2/c1-14(2,3)11(13(20)17-4)18-12(19)9-6-5-8(15)7-10(9)16/h5-7,11H,1-4H3,(H,17,20)(H,18,19)/t11-/m1/s1. The van der Waals surface area contributed by atoms with Crippen molar-refractivity contribution in [2.45, 2.75) is 26.8 Å². The summed E-state index contributed by atoms with van der Waals surface area (Å²) in [5.41, 5.74) is -0.851. The fourth-order valence-electron chi connectivity index (χ4n) is 1.70. The van der Waals surface area contributed by atoms with Crippen LogP contribution >= 0.6 is 0 Å². The van der Waals surface area contributed by atoms with E-state index in [0.717, 1.165) is 12.1 Å². The number of hydrogen-bond donors (Lipinski definition) is 2. The third-order valence-corrected chi connectivity index (χ3v) is 2.83. The van der Waals surface area contributed by atoms with Gasteiger partial charge in [0.25, 0.3) is 5.91 Å². The van der Waals surface area contributed by atoms with Crippen molar-refractivity contribution in [3.8, 4) is 0 Å². The Morgan fingerprint density at radius 2 is 1.80 bits per heavy atom. The molecule has 0 aliphatic carbocycles. The first-order valence-electron chi connectivity index (χ1n) is 6.14. The lowest BCUT2D eigenvalue weighted by molar-refractivity contribution is -0.124. The van der Waals surface area contributed by atoms with Gasteiger partial charge in [-0.1, -0.05) is 20.8 Å². The smallest absolute Gasteiger partial charge is 0.254 e. The molecule has 0 spiro atoms. The lowest BCUT2D eigenvalue weighted by Crippen LogP contribution is -2.53. The highest BCUT2D eigenvalue weighted by Gasteiger charge is 2.32. The number of likely N-dealkylation sites (N-methyl/N-ethyl adjacent to an activating group) is 1. The molecule has 6 heteroatoms. The molecule has 0 aromatic heterocycles. The zero-order valence-corrected chi connectivity index (χ0v) is 11.9. The van der Waals surface area contributed by atoms with E-state index in [1.165, 1.54) is 7.05 Å². The fraction of sp³-hybridized carbons (Fsp3) is 0.429. The molecular formula is C14H18F2N2O2. The molecule has 4 nitrogen and oxygen atoms in total. The van der Waals surface area contributed by atoms with E-state index in [1.807, 2.05) is 0 Å². The summed E-state index contributed by atoms with van der Waals surface area (Å²) < 4.78 is 26.3. The average molecular weight is 284 g/mol. The zero-order valence-electron chi connectivity index (χ0n) is 11.9. The van der Waals surface area contributed by atoms with Gasteiger partial charge in [0.15, 0.2) is 0 Å². The molecule has 0 aliphatic rings. The quantitative estimate of drug-likeness (QED) is 0.890. The molecule has 2 N–H and O–H groups in total. The predicted molar refractivity (Wildman–Crippen MR) is 71.1 cm³/mol. The molecule has 0 heterocycles. The van der Waals surface area contributed by atoms with E-state index in [2.05, 4.69) is 10.6 Å². The van der Waals surface area contributed by atoms with Crippen molar-refractivity contribution in [1.82, 2.24) is 10.6 Å². The van der Waals surface area contributed by atoms with Crippen LogP contribution in [0, 0.1) is 17.0 Å². The van der Waals surface area contributed by atoms with Crippen LogP contribution in [-0.4, -0.2) is 24.9 Å². The Bertz CT molecular complexity index is 524. The summed E-state index contributed by atoms with van der Waals surface area (Å²) in [5.74, 6) is -2.87. The number of carbonyl (C=O) groups is 2. The van der Waals surface area contributed by atoms with Gasteiger partial charge in [0.2, 0.25) is 5.91 Å². The van der Waals surface area contributed by atoms with Crippen LogP contribution in [0.5, 0.6) is 0 Å². The number of amides is 2. The van der Waals surface area contributed by atoms with Crippen molar-refractivity contribution in [2.75, 3.05) is 7.05 Å². The Kier molecular flexibility index (Phi) is 4.81. The summed E-state index contributed by atoms with van der Waals surface area (Å²) in [5, 5.41) is 4.92. The summed E-state index contributed by atoms with van der Waals surface area (Å²) >= 11 is 0. The van der Waals surface area contributed by atoms with Crippen LogP contribution in [0.15, 0.2) is 18.2 Å². The monoisotopic (exact) mass is 284 g/mol. The molecule has 0 unspecified atom stereocenters. The van der Waals surface area contributed by atoms with Crippen molar-refractivity contribution < 1.29 is 18.4 Å². The van der Waals surface area contributed by atoms with Crippen LogP contribution in [0.4, 0.5) is 8.78 Å². The molecule has 0 radical (unpaired) electrons. The van der Waals surface area contributed by atoms with Crippen LogP contribution < -0.4 is 10.6 Å². The predicted octanol–water partition coefficient (Wildman–Crippen LogP) is 1.86. The van der Waals surface area contributed by atoms with Gasteiger partial charge >= 0.3 is 0 Å². The third-order valence-electron chi connectivity index (χ3n) is 2.83. The van der Waals surface area contributed by atoms with E-state index in [9.17, 15) is 18.4 Å². The van der Waals surface area contributed by atoms with Crippen molar-refractivity contribution in [3.63, 3.8) is 0 Å². The molecule has 0 fully saturated rings. The Morgan fingerprint density at radius 3 is 2.25 bits per heavy atom. The molecule has 0 aliphatic heterocycles. The van der Waals surface area contributed by atoms with Gasteiger partial charge in [-0.3, -0.25) is 9.59 Å². The minimum Gasteiger partial charge on any atom is -0.357 e. The summed E-state index contributed by atoms with van der Waals surface area (Å²) in [7, 11) is 1.45. The number of rotatable bonds is 3. The maximum atomic E-state index is 13.5. The number of nitrogens with one attached hydrogen (secondary N) is 2. The van der Waals surface area contributed by atoms with Gasteiger partial charge in [-0.25, -0.2) is 8.78 Å². The summed E-state index contributed by atoms with van der Waals surface area (Å²) in [4.78, 5) is 23.8. The molecule has 0 saturated carbocycles. The normalized spacial score (nSPS) is 12.7. The van der Waals surface area contributed by atoms with E-state index in [0.29, 0.717) is 6.07 Å².